The van der Waals surface area contributed by atoms with Gasteiger partial charge in [0.2, 0.25) is 0 Å². The number of pyridine rings is 1. The number of benzene rings is 2. The number of nitrogens with zero attached hydrogens (tertiary/aromatic N) is 2. The van der Waals surface area contributed by atoms with Crippen molar-refractivity contribution in [1.82, 2.24) is 9.97 Å². The summed E-state index contributed by atoms with van der Waals surface area (Å²) >= 11 is 3.24. The average molecular weight is 436 g/mol. The number of ether oxygens (including phenoxy) is 2. The van der Waals surface area contributed by atoms with Gasteiger partial charge in [0.1, 0.15) is 11.5 Å². The van der Waals surface area contributed by atoms with Gasteiger partial charge in [-0.3, -0.25) is 0 Å². The summed E-state index contributed by atoms with van der Waals surface area (Å²) in [7, 11) is 1.67. The predicted octanol–water partition coefficient (Wildman–Crippen LogP) is 6.68. The van der Waals surface area contributed by atoms with E-state index >= 15 is 0 Å². The van der Waals surface area contributed by atoms with Crippen LogP contribution in [-0.4, -0.2) is 17.1 Å². The molecule has 0 saturated heterocycles. The second-order valence-corrected chi connectivity index (χ2v) is 8.33. The van der Waals surface area contributed by atoms with Gasteiger partial charge >= 0.3 is 0 Å². The van der Waals surface area contributed by atoms with Gasteiger partial charge in [-0.25, -0.2) is 9.97 Å². The molecule has 4 rings (SSSR count). The van der Waals surface area contributed by atoms with Crippen LogP contribution in [0.25, 0.3) is 0 Å². The van der Waals surface area contributed by atoms with Crippen LogP contribution in [0.15, 0.2) is 77.1 Å². The number of aryl methyl sites for hydroxylation is 1. The molecule has 152 valence electrons. The van der Waals surface area contributed by atoms with E-state index in [2.05, 4.69) is 27.4 Å². The number of methoxy groups -OCH3 is 1. The zero-order valence-electron chi connectivity index (χ0n) is 16.7. The molecule has 0 amide bonds. The molecular formula is C23H21N3O2S2. The van der Waals surface area contributed by atoms with Gasteiger partial charge in [0.25, 0.3) is 0 Å². The summed E-state index contributed by atoms with van der Waals surface area (Å²) in [5.74, 6) is 3.75. The Bertz CT molecular complexity index is 1100. The highest BCUT2D eigenvalue weighted by Gasteiger charge is 2.15. The molecule has 2 aromatic heterocycles. The summed E-state index contributed by atoms with van der Waals surface area (Å²) in [6.07, 6.45) is 1.79. The van der Waals surface area contributed by atoms with Gasteiger partial charge in [0.15, 0.2) is 16.7 Å². The largest absolute Gasteiger partial charge is 0.497 e. The van der Waals surface area contributed by atoms with Crippen molar-refractivity contribution in [1.29, 1.82) is 0 Å². The Morgan fingerprint density at radius 3 is 2.50 bits per heavy atom. The van der Waals surface area contributed by atoms with Crippen LogP contribution in [0.1, 0.15) is 11.3 Å². The van der Waals surface area contributed by atoms with Crippen LogP contribution in [0.5, 0.6) is 17.2 Å². The van der Waals surface area contributed by atoms with E-state index in [-0.39, 0.29) is 0 Å². The number of anilines is 2. The molecule has 2 aromatic carbocycles. The molecule has 0 atom stereocenters. The third-order valence-corrected chi connectivity index (χ3v) is 6.21. The van der Waals surface area contributed by atoms with Crippen LogP contribution in [0.4, 0.5) is 10.9 Å². The van der Waals surface area contributed by atoms with Crippen LogP contribution < -0.4 is 14.8 Å². The van der Waals surface area contributed by atoms with E-state index in [1.165, 1.54) is 5.56 Å². The first-order chi connectivity index (χ1) is 14.7. The van der Waals surface area contributed by atoms with Crippen molar-refractivity contribution in [2.45, 2.75) is 17.6 Å². The number of nitrogens with one attached hydrogen (secondary N) is 1. The van der Waals surface area contributed by atoms with Gasteiger partial charge in [-0.05, 0) is 42.8 Å². The maximum absolute atomic E-state index is 6.26. The fourth-order valence-corrected chi connectivity index (χ4v) is 4.36. The molecule has 0 radical (unpaired) electrons. The van der Waals surface area contributed by atoms with Crippen molar-refractivity contribution in [3.8, 4) is 17.2 Å². The number of hydrogen-bond acceptors (Lipinski definition) is 7. The van der Waals surface area contributed by atoms with Crippen LogP contribution >= 0.6 is 23.1 Å². The highest BCUT2D eigenvalue weighted by Crippen LogP contribution is 2.40. The van der Waals surface area contributed by atoms with Crippen LogP contribution in [-0.2, 0) is 5.75 Å². The zero-order chi connectivity index (χ0) is 20.8. The Labute approximate surface area is 184 Å². The molecule has 0 spiro atoms. The van der Waals surface area contributed by atoms with Gasteiger partial charge in [0.05, 0.1) is 17.7 Å². The highest BCUT2D eigenvalue weighted by molar-refractivity contribution is 7.98. The van der Waals surface area contributed by atoms with E-state index in [9.17, 15) is 0 Å². The van der Waals surface area contributed by atoms with Crippen LogP contribution in [0.3, 0.4) is 0 Å². The fraction of sp³-hybridized carbons (Fsp3) is 0.130. The molecule has 4 aromatic rings. The Balaban J connectivity index is 1.61. The molecule has 0 unspecified atom stereocenters. The lowest BCUT2D eigenvalue weighted by atomic mass is 10.2. The van der Waals surface area contributed by atoms with Crippen molar-refractivity contribution in [3.63, 3.8) is 0 Å². The molecule has 0 aliphatic heterocycles. The van der Waals surface area contributed by atoms with Gasteiger partial charge in [-0.1, -0.05) is 30.3 Å². The molecule has 0 fully saturated rings. The molecular weight excluding hydrogens is 414 g/mol. The van der Waals surface area contributed by atoms with Crippen LogP contribution in [0.2, 0.25) is 0 Å². The molecule has 30 heavy (non-hydrogen) atoms. The van der Waals surface area contributed by atoms with Crippen LogP contribution in [0, 0.1) is 6.92 Å². The quantitative estimate of drug-likeness (QED) is 0.311. The second kappa shape index (κ2) is 9.65. The maximum atomic E-state index is 6.26. The first kappa shape index (κ1) is 20.3. The topological polar surface area (TPSA) is 56.3 Å². The van der Waals surface area contributed by atoms with Crippen molar-refractivity contribution in [2.24, 2.45) is 0 Å². The summed E-state index contributed by atoms with van der Waals surface area (Å²) < 4.78 is 11.5. The lowest BCUT2D eigenvalue weighted by Crippen LogP contribution is -1.99. The number of para-hydroxylation sites is 1. The number of thioether (sulfide) groups is 1. The average Bonchev–Trinajstić information content (AvgIpc) is 3.19. The molecule has 0 bridgehead atoms. The molecule has 0 saturated carbocycles. The monoisotopic (exact) mass is 435 g/mol. The predicted molar refractivity (Wildman–Crippen MR) is 123 cm³/mol. The Kier molecular flexibility index (Phi) is 6.51. The van der Waals surface area contributed by atoms with E-state index in [0.717, 1.165) is 33.0 Å². The minimum absolute atomic E-state index is 0.646. The minimum atomic E-state index is 0.646. The highest BCUT2D eigenvalue weighted by atomic mass is 32.2. The Morgan fingerprint density at radius 2 is 1.80 bits per heavy atom. The van der Waals surface area contributed by atoms with Crippen molar-refractivity contribution < 1.29 is 9.47 Å². The van der Waals surface area contributed by atoms with E-state index in [4.69, 9.17) is 9.47 Å². The molecule has 1 N–H and O–H groups in total. The van der Waals surface area contributed by atoms with Gasteiger partial charge < -0.3 is 14.8 Å². The maximum Gasteiger partial charge on any atom is 0.188 e. The van der Waals surface area contributed by atoms with Gasteiger partial charge in [0, 0.05) is 17.3 Å². The van der Waals surface area contributed by atoms with Crippen molar-refractivity contribution in [3.05, 3.63) is 83.5 Å². The van der Waals surface area contributed by atoms with E-state index in [1.807, 2.05) is 60.8 Å². The number of thiazole rings is 1. The Hall–Kier alpha value is -3.03. The molecule has 7 heteroatoms. The third-order valence-electron chi connectivity index (χ3n) is 4.23. The van der Waals surface area contributed by atoms with E-state index < -0.39 is 0 Å². The molecule has 2 heterocycles. The van der Waals surface area contributed by atoms with E-state index in [1.54, 1.807) is 36.4 Å². The number of rotatable bonds is 8. The first-order valence-corrected chi connectivity index (χ1v) is 11.2. The SMILES string of the molecule is COc1ccc(CSc2ccnc(Nc3nc(C)cs3)c2Oc2ccccc2)cc1. The normalized spacial score (nSPS) is 10.6. The third kappa shape index (κ3) is 5.11. The Morgan fingerprint density at radius 1 is 1.00 bits per heavy atom. The summed E-state index contributed by atoms with van der Waals surface area (Å²) in [6, 6.07) is 19.8. The van der Waals surface area contributed by atoms with Crippen molar-refractivity contribution in [2.75, 3.05) is 12.4 Å². The second-order valence-electron chi connectivity index (χ2n) is 6.46. The molecule has 0 aliphatic carbocycles. The summed E-state index contributed by atoms with van der Waals surface area (Å²) in [5, 5.41) is 6.10. The van der Waals surface area contributed by atoms with Gasteiger partial charge in [-0.15, -0.1) is 23.1 Å². The number of aromatic nitrogens is 2. The first-order valence-electron chi connectivity index (χ1n) is 9.38. The fourth-order valence-electron chi connectivity index (χ4n) is 2.73. The molecule has 5 nitrogen and oxygen atoms in total. The summed E-state index contributed by atoms with van der Waals surface area (Å²) in [5.41, 5.74) is 2.17. The lowest BCUT2D eigenvalue weighted by molar-refractivity contribution is 0.414. The van der Waals surface area contributed by atoms with E-state index in [0.29, 0.717) is 11.6 Å². The van der Waals surface area contributed by atoms with Gasteiger partial charge in [-0.2, -0.15) is 0 Å². The zero-order valence-corrected chi connectivity index (χ0v) is 18.3. The summed E-state index contributed by atoms with van der Waals surface area (Å²) in [6.45, 7) is 1.97. The van der Waals surface area contributed by atoms with Crippen molar-refractivity contribution >= 4 is 34.0 Å². The summed E-state index contributed by atoms with van der Waals surface area (Å²) in [4.78, 5) is 10.0. The standard InChI is InChI=1S/C23H21N3O2S2/c1-16-14-30-23(25-16)26-22-21(28-19-6-4-3-5-7-19)20(12-13-24-22)29-15-17-8-10-18(27-2)11-9-17/h3-14H,15H2,1-2H3,(H,24,25,26). The number of hydrogen-bond donors (Lipinski definition) is 1. The minimum Gasteiger partial charge on any atom is -0.497 e. The smallest absolute Gasteiger partial charge is 0.188 e. The lowest BCUT2D eigenvalue weighted by Gasteiger charge is -2.15. The molecule has 0 aliphatic rings.